The van der Waals surface area contributed by atoms with E-state index in [1.165, 1.54) is 33.3 Å². The molecule has 2 aromatic carbocycles. The van der Waals surface area contributed by atoms with Gasteiger partial charge < -0.3 is 15.5 Å². The Hall–Kier alpha value is -3.34. The van der Waals surface area contributed by atoms with Crippen molar-refractivity contribution < 1.29 is 13.2 Å². The van der Waals surface area contributed by atoms with Crippen LogP contribution in [0.2, 0.25) is 5.02 Å². The number of H-pyrrole nitrogens is 2. The maximum absolute atomic E-state index is 12.8. The first-order chi connectivity index (χ1) is 15.1. The molecule has 2 heterocycles. The number of sulfonamides is 1. The number of methoxy groups -OCH3 is 1. The first kappa shape index (κ1) is 21.9. The van der Waals surface area contributed by atoms with E-state index in [9.17, 15) is 13.2 Å². The second kappa shape index (κ2) is 7.97. The fourth-order valence-electron chi connectivity index (χ4n) is 3.52. The number of rotatable bonds is 5. The number of anilines is 1. The highest BCUT2D eigenvalue weighted by molar-refractivity contribution is 7.89. The van der Waals surface area contributed by atoms with Gasteiger partial charge in [0.2, 0.25) is 16.0 Å². The number of nitrogen functional groups attached to an aromatic ring is 1. The van der Waals surface area contributed by atoms with Gasteiger partial charge in [-0.05, 0) is 23.8 Å². The van der Waals surface area contributed by atoms with E-state index in [1.54, 1.807) is 30.3 Å². The Morgan fingerprint density at radius 1 is 1.09 bits per heavy atom. The SMILES string of the molecule is COc1c(Cl)cccc1-c1c(-c2ccc(S(=O)(=O)N(C)C)cc2)[nH]c2nc(N)[nH]c(=O)c12. The molecule has 0 fully saturated rings. The molecular weight excluding hydrogens is 454 g/mol. The van der Waals surface area contributed by atoms with Crippen molar-refractivity contribution in [1.29, 1.82) is 0 Å². The molecule has 0 aliphatic rings. The Morgan fingerprint density at radius 2 is 1.78 bits per heavy atom. The number of nitrogens with two attached hydrogens (primary N) is 1. The second-order valence-corrected chi connectivity index (χ2v) is 9.74. The number of nitrogens with one attached hydrogen (secondary N) is 2. The highest BCUT2D eigenvalue weighted by Crippen LogP contribution is 2.43. The van der Waals surface area contributed by atoms with E-state index in [4.69, 9.17) is 22.1 Å². The molecule has 0 spiro atoms. The molecule has 0 aliphatic heterocycles. The summed E-state index contributed by atoms with van der Waals surface area (Å²) < 4.78 is 31.5. The van der Waals surface area contributed by atoms with Crippen LogP contribution in [0.3, 0.4) is 0 Å². The van der Waals surface area contributed by atoms with Gasteiger partial charge in [-0.15, -0.1) is 0 Å². The molecule has 4 N–H and O–H groups in total. The number of aromatic amines is 2. The molecule has 0 atom stereocenters. The molecule has 0 saturated heterocycles. The highest BCUT2D eigenvalue weighted by atomic mass is 35.5. The fourth-order valence-corrected chi connectivity index (χ4v) is 4.68. The summed E-state index contributed by atoms with van der Waals surface area (Å²) in [6.45, 7) is 0. The van der Waals surface area contributed by atoms with Crippen LogP contribution in [-0.2, 0) is 10.0 Å². The van der Waals surface area contributed by atoms with E-state index >= 15 is 0 Å². The molecule has 4 rings (SSSR count). The average molecular weight is 474 g/mol. The Balaban J connectivity index is 2.03. The first-order valence-electron chi connectivity index (χ1n) is 9.42. The van der Waals surface area contributed by atoms with Crippen molar-refractivity contribution in [1.82, 2.24) is 19.3 Å². The van der Waals surface area contributed by atoms with Gasteiger partial charge in [0.05, 0.1) is 28.1 Å². The fraction of sp³-hybridized carbons (Fsp3) is 0.143. The van der Waals surface area contributed by atoms with Crippen LogP contribution in [0, 0.1) is 0 Å². The summed E-state index contributed by atoms with van der Waals surface area (Å²) in [6, 6.07) is 11.5. The van der Waals surface area contributed by atoms with Crippen molar-refractivity contribution in [3.63, 3.8) is 0 Å². The van der Waals surface area contributed by atoms with Gasteiger partial charge in [0.25, 0.3) is 5.56 Å². The summed E-state index contributed by atoms with van der Waals surface area (Å²) in [7, 11) is 0.827. The van der Waals surface area contributed by atoms with E-state index in [-0.39, 0.29) is 21.9 Å². The molecule has 2 aromatic heterocycles. The van der Waals surface area contributed by atoms with Crippen LogP contribution < -0.4 is 16.0 Å². The first-order valence-corrected chi connectivity index (χ1v) is 11.2. The Kier molecular flexibility index (Phi) is 5.45. The van der Waals surface area contributed by atoms with Gasteiger partial charge in [-0.3, -0.25) is 9.78 Å². The van der Waals surface area contributed by atoms with Crippen molar-refractivity contribution in [3.05, 3.63) is 57.8 Å². The van der Waals surface area contributed by atoms with Crippen LogP contribution in [0.5, 0.6) is 5.75 Å². The van der Waals surface area contributed by atoms with Crippen LogP contribution in [-0.4, -0.2) is 48.9 Å². The highest BCUT2D eigenvalue weighted by Gasteiger charge is 2.24. The number of aromatic nitrogens is 3. The van der Waals surface area contributed by atoms with Crippen molar-refractivity contribution in [2.45, 2.75) is 4.90 Å². The zero-order valence-electron chi connectivity index (χ0n) is 17.4. The zero-order valence-corrected chi connectivity index (χ0v) is 19.0. The van der Waals surface area contributed by atoms with Gasteiger partial charge >= 0.3 is 0 Å². The van der Waals surface area contributed by atoms with Crippen molar-refractivity contribution >= 4 is 38.6 Å². The molecule has 32 heavy (non-hydrogen) atoms. The maximum Gasteiger partial charge on any atom is 0.262 e. The van der Waals surface area contributed by atoms with Gasteiger partial charge in [0, 0.05) is 25.2 Å². The topological polar surface area (TPSA) is 134 Å². The van der Waals surface area contributed by atoms with Gasteiger partial charge in [-0.2, -0.15) is 4.98 Å². The lowest BCUT2D eigenvalue weighted by atomic mass is 9.98. The molecule has 11 heteroatoms. The Morgan fingerprint density at radius 3 is 2.41 bits per heavy atom. The summed E-state index contributed by atoms with van der Waals surface area (Å²) in [6.07, 6.45) is 0. The normalized spacial score (nSPS) is 11.9. The summed E-state index contributed by atoms with van der Waals surface area (Å²) >= 11 is 6.33. The Bertz CT molecular complexity index is 1490. The van der Waals surface area contributed by atoms with Gasteiger partial charge in [0.15, 0.2) is 0 Å². The van der Waals surface area contributed by atoms with Crippen molar-refractivity contribution in [2.75, 3.05) is 26.9 Å². The van der Waals surface area contributed by atoms with E-state index in [0.717, 1.165) is 4.31 Å². The van der Waals surface area contributed by atoms with Crippen LogP contribution in [0.15, 0.2) is 52.2 Å². The van der Waals surface area contributed by atoms with Gasteiger partial charge in [-0.1, -0.05) is 35.9 Å². The molecule has 0 saturated carbocycles. The lowest BCUT2D eigenvalue weighted by Gasteiger charge is -2.13. The third-order valence-electron chi connectivity index (χ3n) is 5.04. The van der Waals surface area contributed by atoms with Crippen LogP contribution in [0.4, 0.5) is 5.95 Å². The molecule has 0 aliphatic carbocycles. The van der Waals surface area contributed by atoms with E-state index in [0.29, 0.717) is 33.2 Å². The van der Waals surface area contributed by atoms with Crippen molar-refractivity contribution in [2.24, 2.45) is 0 Å². The number of benzene rings is 2. The maximum atomic E-state index is 12.8. The van der Waals surface area contributed by atoms with E-state index in [1.807, 2.05) is 0 Å². The smallest absolute Gasteiger partial charge is 0.262 e. The standard InChI is InChI=1S/C21H20ClN5O4S/c1-27(2)32(29,30)12-9-7-11(8-10-12)17-15(13-5-4-6-14(22)18(13)31-3)16-19(24-17)25-21(23)26-20(16)28/h4-10H,1-3H3,(H4,23,24,25,26,28). The molecule has 0 radical (unpaired) electrons. The quantitative estimate of drug-likeness (QED) is 0.407. The van der Waals surface area contributed by atoms with E-state index in [2.05, 4.69) is 15.0 Å². The van der Waals surface area contributed by atoms with Crippen LogP contribution in [0.1, 0.15) is 0 Å². The van der Waals surface area contributed by atoms with Crippen LogP contribution in [0.25, 0.3) is 33.4 Å². The summed E-state index contributed by atoms with van der Waals surface area (Å²) in [5, 5.41) is 0.650. The van der Waals surface area contributed by atoms with E-state index < -0.39 is 15.6 Å². The summed E-state index contributed by atoms with van der Waals surface area (Å²) in [5.74, 6) is 0.353. The number of halogens is 1. The third kappa shape index (κ3) is 3.52. The zero-order chi connectivity index (χ0) is 23.2. The average Bonchev–Trinajstić information content (AvgIpc) is 3.13. The minimum Gasteiger partial charge on any atom is -0.495 e. The lowest BCUT2D eigenvalue weighted by Crippen LogP contribution is -2.22. The molecule has 0 bridgehead atoms. The number of para-hydroxylation sites is 1. The molecule has 0 unspecified atom stereocenters. The summed E-state index contributed by atoms with van der Waals surface area (Å²) in [4.78, 5) is 22.8. The molecule has 166 valence electrons. The number of nitrogens with zero attached hydrogens (tertiary/aromatic N) is 2. The number of hydrogen-bond donors (Lipinski definition) is 3. The minimum atomic E-state index is -3.59. The van der Waals surface area contributed by atoms with Crippen LogP contribution >= 0.6 is 11.6 Å². The van der Waals surface area contributed by atoms with Gasteiger partial charge in [-0.25, -0.2) is 12.7 Å². The predicted octanol–water partition coefficient (Wildman–Crippen LogP) is 3.08. The summed E-state index contributed by atoms with van der Waals surface area (Å²) in [5.41, 5.74) is 7.84. The lowest BCUT2D eigenvalue weighted by molar-refractivity contribution is 0.416. The predicted molar refractivity (Wildman–Crippen MR) is 124 cm³/mol. The third-order valence-corrected chi connectivity index (χ3v) is 7.17. The number of fused-ring (bicyclic) bond motifs is 1. The molecule has 9 nitrogen and oxygen atoms in total. The van der Waals surface area contributed by atoms with Gasteiger partial charge in [0.1, 0.15) is 11.4 Å². The second-order valence-electron chi connectivity index (χ2n) is 7.18. The largest absolute Gasteiger partial charge is 0.495 e. The number of hydrogen-bond acceptors (Lipinski definition) is 6. The molecule has 0 amide bonds. The number of ether oxygens (including phenoxy) is 1. The minimum absolute atomic E-state index is 0.0349. The molecular formula is C21H20ClN5O4S. The Labute approximate surface area is 188 Å². The van der Waals surface area contributed by atoms with Crippen molar-refractivity contribution in [3.8, 4) is 28.1 Å². The monoisotopic (exact) mass is 473 g/mol. The molecule has 4 aromatic rings.